The van der Waals surface area contributed by atoms with Crippen LogP contribution in [0.25, 0.3) is 21.7 Å². The van der Waals surface area contributed by atoms with E-state index in [0.29, 0.717) is 30.9 Å². The molecule has 0 radical (unpaired) electrons. The maximum Gasteiger partial charge on any atom is 0.339 e. The number of hydrogen-bond donors (Lipinski definition) is 2. The van der Waals surface area contributed by atoms with Crippen molar-refractivity contribution in [2.75, 3.05) is 65.9 Å². The van der Waals surface area contributed by atoms with Gasteiger partial charge in [0.1, 0.15) is 23.7 Å². The first-order chi connectivity index (χ1) is 21.6. The number of thiophene rings is 1. The molecule has 1 aromatic carbocycles. The van der Waals surface area contributed by atoms with Gasteiger partial charge in [0.25, 0.3) is 0 Å². The fourth-order valence-corrected chi connectivity index (χ4v) is 6.21. The summed E-state index contributed by atoms with van der Waals surface area (Å²) in [6, 6.07) is 13.5. The van der Waals surface area contributed by atoms with Crippen molar-refractivity contribution in [2.45, 2.75) is 34.1 Å². The van der Waals surface area contributed by atoms with Crippen molar-refractivity contribution in [3.8, 4) is 27.4 Å². The molecule has 0 bridgehead atoms. The van der Waals surface area contributed by atoms with E-state index >= 15 is 0 Å². The smallest absolute Gasteiger partial charge is 0.339 e. The number of ether oxygens (including phenoxy) is 2. The van der Waals surface area contributed by atoms with Crippen LogP contribution in [0.3, 0.4) is 0 Å². The highest BCUT2D eigenvalue weighted by Crippen LogP contribution is 2.36. The molecule has 4 rings (SSSR count). The summed E-state index contributed by atoms with van der Waals surface area (Å²) in [5.41, 5.74) is 2.74. The zero-order valence-corrected chi connectivity index (χ0v) is 29.1. The Morgan fingerprint density at radius 3 is 2.33 bits per heavy atom. The maximum atomic E-state index is 12.1. The number of hydrogen-bond acceptors (Lipinski definition) is 10. The Morgan fingerprint density at radius 2 is 1.73 bits per heavy atom. The minimum atomic E-state index is -1.04. The highest BCUT2D eigenvalue weighted by molar-refractivity contribution is 7.16. The van der Waals surface area contributed by atoms with Crippen LogP contribution in [0.15, 0.2) is 54.0 Å². The molecule has 3 heterocycles. The monoisotopic (exact) mass is 653 g/mol. The van der Waals surface area contributed by atoms with E-state index in [2.05, 4.69) is 42.9 Å². The standard InChI is InChI=1S/C31H38N4O4S2.C3H9N/c1-5-35(6-2)13-14-38-15-16-39-24-11-9-22(10-12-24)28-27(18-21(3)4)41-31(33-28)34-29-25(30(36)37)19-23(20-32-29)26-8-7-17-40-26;1-4(2)3/h7-12,17,19-21H,5-6,13-16,18H2,1-4H3,(H,36,37)(H,32,33,34);1-3H3. The molecule has 0 amide bonds. The number of anilines is 2. The average molecular weight is 654 g/mol. The number of pyridine rings is 1. The minimum Gasteiger partial charge on any atom is -0.491 e. The molecule has 0 aliphatic rings. The second-order valence-corrected chi connectivity index (χ2v) is 13.3. The van der Waals surface area contributed by atoms with E-state index in [1.807, 2.05) is 67.8 Å². The lowest BCUT2D eigenvalue weighted by atomic mass is 10.0. The number of nitrogens with one attached hydrogen (secondary N) is 1. The van der Waals surface area contributed by atoms with Crippen molar-refractivity contribution in [1.29, 1.82) is 0 Å². The number of carbonyl (C=O) groups is 1. The highest BCUT2D eigenvalue weighted by Gasteiger charge is 2.19. The summed E-state index contributed by atoms with van der Waals surface area (Å²) in [5.74, 6) is 0.449. The van der Waals surface area contributed by atoms with Gasteiger partial charge in [0.15, 0.2) is 5.13 Å². The minimum absolute atomic E-state index is 0.108. The number of carboxylic acid groups (broad SMARTS) is 1. The third-order valence-electron chi connectivity index (χ3n) is 6.51. The van der Waals surface area contributed by atoms with Gasteiger partial charge in [-0.2, -0.15) is 0 Å². The van der Waals surface area contributed by atoms with Gasteiger partial charge >= 0.3 is 5.97 Å². The van der Waals surface area contributed by atoms with Crippen LogP contribution in [0.4, 0.5) is 10.9 Å². The van der Waals surface area contributed by atoms with Crippen LogP contribution in [0.5, 0.6) is 5.75 Å². The maximum absolute atomic E-state index is 12.1. The van der Waals surface area contributed by atoms with Crippen molar-refractivity contribution >= 4 is 39.6 Å². The number of carboxylic acids is 1. The molecule has 0 saturated carbocycles. The fraction of sp³-hybridized carbons (Fsp3) is 0.441. The van der Waals surface area contributed by atoms with Crippen LogP contribution < -0.4 is 10.1 Å². The third kappa shape index (κ3) is 11.8. The molecular weight excluding hydrogens is 607 g/mol. The Labute approximate surface area is 275 Å². The number of benzene rings is 1. The summed E-state index contributed by atoms with van der Waals surface area (Å²) in [4.78, 5) is 27.8. The predicted molar refractivity (Wildman–Crippen MR) is 188 cm³/mol. The van der Waals surface area contributed by atoms with E-state index in [0.717, 1.165) is 58.4 Å². The summed E-state index contributed by atoms with van der Waals surface area (Å²) in [6.45, 7) is 13.4. The molecule has 2 N–H and O–H groups in total. The van der Waals surface area contributed by atoms with Gasteiger partial charge < -0.3 is 29.7 Å². The van der Waals surface area contributed by atoms with Gasteiger partial charge in [0.2, 0.25) is 0 Å². The molecule has 3 aromatic heterocycles. The van der Waals surface area contributed by atoms with Gasteiger partial charge in [-0.15, -0.1) is 22.7 Å². The van der Waals surface area contributed by atoms with Crippen LogP contribution in [0.1, 0.15) is 42.9 Å². The second-order valence-electron chi connectivity index (χ2n) is 11.3. The number of likely N-dealkylation sites (N-methyl/N-ethyl adjacent to an activating group) is 1. The topological polar surface area (TPSA) is 100 Å². The highest BCUT2D eigenvalue weighted by atomic mass is 32.1. The van der Waals surface area contributed by atoms with Crippen molar-refractivity contribution in [3.63, 3.8) is 0 Å². The van der Waals surface area contributed by atoms with Crippen molar-refractivity contribution < 1.29 is 19.4 Å². The Kier molecular flexibility index (Phi) is 14.9. The summed E-state index contributed by atoms with van der Waals surface area (Å²) < 4.78 is 11.6. The Bertz CT molecular complexity index is 1430. The molecule has 0 spiro atoms. The first kappa shape index (κ1) is 36.1. The van der Waals surface area contributed by atoms with Crippen LogP contribution >= 0.6 is 22.7 Å². The van der Waals surface area contributed by atoms with E-state index in [4.69, 9.17) is 14.5 Å². The average Bonchev–Trinajstić information content (AvgIpc) is 3.67. The Hall–Kier alpha value is -3.35. The third-order valence-corrected chi connectivity index (χ3v) is 8.42. The predicted octanol–water partition coefficient (Wildman–Crippen LogP) is 7.49. The van der Waals surface area contributed by atoms with E-state index in [-0.39, 0.29) is 11.4 Å². The lowest BCUT2D eigenvalue weighted by molar-refractivity contribution is 0.0697. The molecule has 0 aliphatic heterocycles. The molecule has 4 aromatic rings. The molecule has 11 heteroatoms. The van der Waals surface area contributed by atoms with Crippen molar-refractivity contribution in [1.82, 2.24) is 19.8 Å². The first-order valence-corrected chi connectivity index (χ1v) is 17.0. The van der Waals surface area contributed by atoms with Gasteiger partial charge in [-0.3, -0.25) is 0 Å². The van der Waals surface area contributed by atoms with Gasteiger partial charge in [0, 0.05) is 33.6 Å². The summed E-state index contributed by atoms with van der Waals surface area (Å²) >= 11 is 3.07. The quantitative estimate of drug-likeness (QED) is 0.119. The van der Waals surface area contributed by atoms with E-state index < -0.39 is 5.97 Å². The first-order valence-electron chi connectivity index (χ1n) is 15.3. The Morgan fingerprint density at radius 1 is 1.02 bits per heavy atom. The molecule has 0 unspecified atom stereocenters. The molecule has 0 fully saturated rings. The summed E-state index contributed by atoms with van der Waals surface area (Å²) in [7, 11) is 6.00. The van der Waals surface area contributed by atoms with Gasteiger partial charge in [-0.05, 0) is 88.3 Å². The van der Waals surface area contributed by atoms with Gasteiger partial charge in [-0.1, -0.05) is 33.8 Å². The van der Waals surface area contributed by atoms with Crippen LogP contribution in [-0.4, -0.2) is 91.4 Å². The summed E-state index contributed by atoms with van der Waals surface area (Å²) in [5, 5.41) is 15.6. The normalized spacial score (nSPS) is 11.2. The van der Waals surface area contributed by atoms with Crippen LogP contribution in [0.2, 0.25) is 0 Å². The summed E-state index contributed by atoms with van der Waals surface area (Å²) in [6.07, 6.45) is 2.55. The number of nitrogens with zero attached hydrogens (tertiary/aromatic N) is 4. The van der Waals surface area contributed by atoms with Gasteiger partial charge in [-0.25, -0.2) is 14.8 Å². The molecular formula is C34H47N5O4S2. The van der Waals surface area contributed by atoms with Crippen molar-refractivity contribution in [2.24, 2.45) is 5.92 Å². The molecule has 9 nitrogen and oxygen atoms in total. The molecule has 45 heavy (non-hydrogen) atoms. The van der Waals surface area contributed by atoms with Gasteiger partial charge in [0.05, 0.1) is 18.9 Å². The molecule has 0 aliphatic carbocycles. The van der Waals surface area contributed by atoms with Crippen LogP contribution in [-0.2, 0) is 11.2 Å². The molecule has 244 valence electrons. The number of aromatic nitrogens is 2. The van der Waals surface area contributed by atoms with E-state index in [1.165, 1.54) is 11.3 Å². The molecule has 0 saturated heterocycles. The SMILES string of the molecule is CCN(CC)CCOCCOc1ccc(-c2nc(Nc3ncc(-c4cccs4)cc3C(=O)O)sc2CC(C)C)cc1.CN(C)C. The largest absolute Gasteiger partial charge is 0.491 e. The second kappa shape index (κ2) is 18.6. The zero-order chi connectivity index (χ0) is 32.8. The van der Waals surface area contributed by atoms with E-state index in [9.17, 15) is 9.90 Å². The Balaban J connectivity index is 0.00000130. The van der Waals surface area contributed by atoms with Crippen LogP contribution in [0, 0.1) is 5.92 Å². The molecule has 0 atom stereocenters. The lowest BCUT2D eigenvalue weighted by Crippen LogP contribution is -2.27. The fourth-order valence-electron chi connectivity index (χ4n) is 4.31. The lowest BCUT2D eigenvalue weighted by Gasteiger charge is -2.17. The number of rotatable bonds is 16. The number of thiazole rings is 1. The zero-order valence-electron chi connectivity index (χ0n) is 27.5. The van der Waals surface area contributed by atoms with Crippen molar-refractivity contribution in [3.05, 3.63) is 64.5 Å². The number of aromatic carboxylic acids is 1. The van der Waals surface area contributed by atoms with E-state index in [1.54, 1.807) is 23.6 Å².